The highest BCUT2D eigenvalue weighted by Gasteiger charge is 2.10. The molecule has 1 atom stereocenters. The van der Waals surface area contributed by atoms with Crippen molar-refractivity contribution >= 4 is 5.78 Å². The van der Waals surface area contributed by atoms with Crippen LogP contribution in [0.3, 0.4) is 0 Å². The number of carbonyl (C=O) groups is 1. The van der Waals surface area contributed by atoms with Crippen LogP contribution in [0.15, 0.2) is 18.2 Å². The Morgan fingerprint density at radius 1 is 1.29 bits per heavy atom. The van der Waals surface area contributed by atoms with Gasteiger partial charge in [-0.1, -0.05) is 29.3 Å². The van der Waals surface area contributed by atoms with E-state index < -0.39 is 6.10 Å². The van der Waals surface area contributed by atoms with Crippen molar-refractivity contribution in [2.24, 2.45) is 0 Å². The quantitative estimate of drug-likeness (QED) is 0.798. The van der Waals surface area contributed by atoms with Crippen LogP contribution < -0.4 is 0 Å². The van der Waals surface area contributed by atoms with Crippen molar-refractivity contribution in [2.75, 3.05) is 0 Å². The molecule has 0 aliphatic rings. The van der Waals surface area contributed by atoms with Crippen LogP contribution in [0.1, 0.15) is 36.1 Å². The summed E-state index contributed by atoms with van der Waals surface area (Å²) in [5.41, 5.74) is 3.06. The van der Waals surface area contributed by atoms with E-state index in [0.29, 0.717) is 0 Å². The van der Waals surface area contributed by atoms with E-state index in [1.807, 2.05) is 32.0 Å². The number of Topliss-reactive ketones (excluding diaryl/α,β-unsaturated/α-hetero) is 1. The van der Waals surface area contributed by atoms with Gasteiger partial charge in [0.05, 0.1) is 6.10 Å². The average molecular weight is 192 g/mol. The van der Waals surface area contributed by atoms with Gasteiger partial charge in [0.25, 0.3) is 0 Å². The Balaban J connectivity index is 2.89. The van der Waals surface area contributed by atoms with Crippen molar-refractivity contribution in [3.63, 3.8) is 0 Å². The molecule has 0 fully saturated rings. The van der Waals surface area contributed by atoms with Crippen LogP contribution in [0.4, 0.5) is 0 Å². The average Bonchev–Trinajstić information content (AvgIpc) is 2.00. The fraction of sp³-hybridized carbons (Fsp3) is 0.417. The molecule has 14 heavy (non-hydrogen) atoms. The molecule has 0 saturated heterocycles. The zero-order chi connectivity index (χ0) is 10.7. The van der Waals surface area contributed by atoms with E-state index in [-0.39, 0.29) is 12.2 Å². The number of aliphatic hydroxyl groups excluding tert-OH is 1. The molecular weight excluding hydrogens is 176 g/mol. The molecular formula is C12H16O2. The normalized spacial score (nSPS) is 12.6. The maximum atomic E-state index is 10.8. The molecule has 1 aromatic carbocycles. The van der Waals surface area contributed by atoms with Crippen molar-refractivity contribution in [1.82, 2.24) is 0 Å². The minimum atomic E-state index is -0.661. The van der Waals surface area contributed by atoms with Crippen LogP contribution in [-0.2, 0) is 4.79 Å². The third kappa shape index (κ3) is 2.96. The molecule has 0 amide bonds. The largest absolute Gasteiger partial charge is 0.388 e. The molecule has 1 aromatic rings. The molecule has 2 heteroatoms. The zero-order valence-corrected chi connectivity index (χ0v) is 8.87. The van der Waals surface area contributed by atoms with Crippen molar-refractivity contribution < 1.29 is 9.90 Å². The van der Waals surface area contributed by atoms with Crippen LogP contribution in [0, 0.1) is 13.8 Å². The second-order valence-corrected chi connectivity index (χ2v) is 3.84. The SMILES string of the molecule is CC(=O)C[C@H](O)c1cc(C)cc(C)c1. The summed E-state index contributed by atoms with van der Waals surface area (Å²) in [6, 6.07) is 5.88. The van der Waals surface area contributed by atoms with Gasteiger partial charge in [-0.15, -0.1) is 0 Å². The molecule has 76 valence electrons. The highest BCUT2D eigenvalue weighted by atomic mass is 16.3. The fourth-order valence-corrected chi connectivity index (χ4v) is 1.59. The summed E-state index contributed by atoms with van der Waals surface area (Å²) < 4.78 is 0. The van der Waals surface area contributed by atoms with Crippen LogP contribution in [0.5, 0.6) is 0 Å². The van der Waals surface area contributed by atoms with Gasteiger partial charge in [-0.2, -0.15) is 0 Å². The lowest BCUT2D eigenvalue weighted by atomic mass is 10.0. The Labute approximate surface area is 84.6 Å². The van der Waals surface area contributed by atoms with Crippen LogP contribution in [0.25, 0.3) is 0 Å². The van der Waals surface area contributed by atoms with Crippen LogP contribution >= 0.6 is 0 Å². The molecule has 0 spiro atoms. The number of ketones is 1. The topological polar surface area (TPSA) is 37.3 Å². The number of hydrogen-bond acceptors (Lipinski definition) is 2. The first-order valence-electron chi connectivity index (χ1n) is 4.74. The molecule has 0 bridgehead atoms. The third-order valence-electron chi connectivity index (χ3n) is 2.11. The maximum absolute atomic E-state index is 10.8. The monoisotopic (exact) mass is 192 g/mol. The van der Waals surface area contributed by atoms with Crippen molar-refractivity contribution in [1.29, 1.82) is 0 Å². The van der Waals surface area contributed by atoms with Crippen molar-refractivity contribution in [2.45, 2.75) is 33.3 Å². The van der Waals surface area contributed by atoms with Crippen LogP contribution in [-0.4, -0.2) is 10.9 Å². The van der Waals surface area contributed by atoms with Gasteiger partial charge in [-0.25, -0.2) is 0 Å². The van der Waals surface area contributed by atoms with Gasteiger partial charge >= 0.3 is 0 Å². The number of aliphatic hydroxyl groups is 1. The maximum Gasteiger partial charge on any atom is 0.132 e. The summed E-state index contributed by atoms with van der Waals surface area (Å²) in [6.45, 7) is 5.46. The van der Waals surface area contributed by atoms with Gasteiger partial charge in [0, 0.05) is 6.42 Å². The molecule has 0 aromatic heterocycles. The van der Waals surface area contributed by atoms with Gasteiger partial charge in [0.2, 0.25) is 0 Å². The van der Waals surface area contributed by atoms with E-state index in [2.05, 4.69) is 0 Å². The lowest BCUT2D eigenvalue weighted by Crippen LogP contribution is -2.03. The van der Waals surface area contributed by atoms with Crippen molar-refractivity contribution in [3.8, 4) is 0 Å². The molecule has 0 saturated carbocycles. The minimum absolute atomic E-state index is 0.0108. The van der Waals surface area contributed by atoms with Gasteiger partial charge in [0.1, 0.15) is 5.78 Å². The van der Waals surface area contributed by atoms with Crippen LogP contribution in [0.2, 0.25) is 0 Å². The molecule has 0 heterocycles. The lowest BCUT2D eigenvalue weighted by molar-refractivity contribution is -0.118. The van der Waals surface area contributed by atoms with E-state index in [1.165, 1.54) is 6.92 Å². The first-order valence-corrected chi connectivity index (χ1v) is 4.74. The van der Waals surface area contributed by atoms with E-state index in [1.54, 1.807) is 0 Å². The lowest BCUT2D eigenvalue weighted by Gasteiger charge is -2.10. The smallest absolute Gasteiger partial charge is 0.132 e. The minimum Gasteiger partial charge on any atom is -0.388 e. The summed E-state index contributed by atoms with van der Waals surface area (Å²) in [4.78, 5) is 10.8. The number of benzene rings is 1. The molecule has 2 nitrogen and oxygen atoms in total. The Bertz CT molecular complexity index is 322. The first kappa shape index (κ1) is 10.9. The molecule has 0 radical (unpaired) electrons. The Hall–Kier alpha value is -1.15. The standard InChI is InChI=1S/C12H16O2/c1-8-4-9(2)6-11(5-8)12(14)7-10(3)13/h4-6,12,14H,7H2,1-3H3/t12-/m0/s1. The summed E-state index contributed by atoms with van der Waals surface area (Å²) in [5.74, 6) is 0.0108. The number of hydrogen-bond donors (Lipinski definition) is 1. The second kappa shape index (κ2) is 4.38. The highest BCUT2D eigenvalue weighted by molar-refractivity contribution is 5.76. The number of aryl methyl sites for hydroxylation is 2. The predicted molar refractivity (Wildman–Crippen MR) is 56.2 cm³/mol. The van der Waals surface area contributed by atoms with E-state index in [0.717, 1.165) is 16.7 Å². The fourth-order valence-electron chi connectivity index (χ4n) is 1.59. The highest BCUT2D eigenvalue weighted by Crippen LogP contribution is 2.19. The Morgan fingerprint density at radius 3 is 2.21 bits per heavy atom. The summed E-state index contributed by atoms with van der Waals surface area (Å²) in [5, 5.41) is 9.72. The third-order valence-corrected chi connectivity index (χ3v) is 2.11. The second-order valence-electron chi connectivity index (χ2n) is 3.84. The molecule has 1 rings (SSSR count). The predicted octanol–water partition coefficient (Wildman–Crippen LogP) is 2.32. The first-order chi connectivity index (χ1) is 6.49. The van der Waals surface area contributed by atoms with Gasteiger partial charge in [-0.05, 0) is 26.3 Å². The van der Waals surface area contributed by atoms with Gasteiger partial charge < -0.3 is 5.11 Å². The Morgan fingerprint density at radius 2 is 1.79 bits per heavy atom. The molecule has 0 aliphatic heterocycles. The van der Waals surface area contributed by atoms with Gasteiger partial charge in [0.15, 0.2) is 0 Å². The molecule has 1 N–H and O–H groups in total. The molecule has 0 aliphatic carbocycles. The van der Waals surface area contributed by atoms with E-state index in [4.69, 9.17) is 0 Å². The van der Waals surface area contributed by atoms with Gasteiger partial charge in [-0.3, -0.25) is 4.79 Å². The van der Waals surface area contributed by atoms with E-state index in [9.17, 15) is 9.90 Å². The zero-order valence-electron chi connectivity index (χ0n) is 8.87. The molecule has 0 unspecified atom stereocenters. The number of carbonyl (C=O) groups excluding carboxylic acids is 1. The number of rotatable bonds is 3. The summed E-state index contributed by atoms with van der Waals surface area (Å²) >= 11 is 0. The van der Waals surface area contributed by atoms with E-state index >= 15 is 0 Å². The Kier molecular flexibility index (Phi) is 3.42. The summed E-state index contributed by atoms with van der Waals surface area (Å²) in [7, 11) is 0. The summed E-state index contributed by atoms with van der Waals surface area (Å²) in [6.07, 6.45) is -0.464. The van der Waals surface area contributed by atoms with Crippen molar-refractivity contribution in [3.05, 3.63) is 34.9 Å².